The Morgan fingerprint density at radius 2 is 1.58 bits per heavy atom. The summed E-state index contributed by atoms with van der Waals surface area (Å²) >= 11 is 12.2. The molecule has 2 saturated carbocycles. The number of hydrogen-bond acceptors (Lipinski definition) is 4. The molecule has 2 aromatic rings. The first-order valence-electron chi connectivity index (χ1n) is 10.7. The Labute approximate surface area is 199 Å². The van der Waals surface area contributed by atoms with Crippen LogP contribution in [0.5, 0.6) is 0 Å². The van der Waals surface area contributed by atoms with Gasteiger partial charge in [-0.25, -0.2) is 9.40 Å². The second kappa shape index (κ2) is 8.22. The summed E-state index contributed by atoms with van der Waals surface area (Å²) in [7, 11) is 0. The second-order valence-corrected chi connectivity index (χ2v) is 9.63. The number of amides is 3. The van der Waals surface area contributed by atoms with Crippen molar-refractivity contribution in [2.45, 2.75) is 19.3 Å². The van der Waals surface area contributed by atoms with E-state index in [9.17, 15) is 23.6 Å². The number of hydrazine groups is 1. The fourth-order valence-electron chi connectivity index (χ4n) is 5.53. The number of carbonyl (C=O) groups excluding carboxylic acids is 4. The van der Waals surface area contributed by atoms with Crippen LogP contribution < -0.4 is 0 Å². The van der Waals surface area contributed by atoms with Crippen molar-refractivity contribution in [2.24, 2.45) is 23.7 Å². The van der Waals surface area contributed by atoms with Crippen molar-refractivity contribution in [3.05, 3.63) is 69.5 Å². The molecule has 2 aromatic carbocycles. The van der Waals surface area contributed by atoms with Crippen LogP contribution in [0.25, 0.3) is 0 Å². The third kappa shape index (κ3) is 3.63. The van der Waals surface area contributed by atoms with Gasteiger partial charge >= 0.3 is 0 Å². The van der Waals surface area contributed by atoms with Gasteiger partial charge in [-0.05, 0) is 73.6 Å². The second-order valence-electron chi connectivity index (χ2n) is 8.79. The van der Waals surface area contributed by atoms with Crippen LogP contribution in [0.4, 0.5) is 4.39 Å². The molecule has 6 nitrogen and oxygen atoms in total. The number of fused-ring (bicyclic) bond motifs is 5. The molecule has 2 aliphatic carbocycles. The van der Waals surface area contributed by atoms with Crippen LogP contribution in [-0.2, 0) is 9.59 Å². The maximum Gasteiger partial charge on any atom is 0.274 e. The van der Waals surface area contributed by atoms with Crippen LogP contribution in [-0.4, -0.2) is 40.1 Å². The molecular formula is C24H19Cl2FN2O4. The van der Waals surface area contributed by atoms with Gasteiger partial charge in [0.2, 0.25) is 0 Å². The van der Waals surface area contributed by atoms with Crippen LogP contribution in [0.2, 0.25) is 10.0 Å². The number of Topliss-reactive ketones (excluding diaryl/α,β-unsaturated/α-hetero) is 1. The Bertz CT molecular complexity index is 1160. The predicted molar refractivity (Wildman–Crippen MR) is 118 cm³/mol. The van der Waals surface area contributed by atoms with E-state index in [1.165, 1.54) is 30.3 Å². The molecule has 1 saturated heterocycles. The topological polar surface area (TPSA) is 74.8 Å². The minimum absolute atomic E-state index is 0.00797. The summed E-state index contributed by atoms with van der Waals surface area (Å²) in [5.41, 5.74) is 0.157. The fraction of sp³-hybridized carbons (Fsp3) is 0.333. The van der Waals surface area contributed by atoms with Crippen molar-refractivity contribution < 1.29 is 23.6 Å². The average Bonchev–Trinajstić information content (AvgIpc) is 3.46. The SMILES string of the molecule is O=C(CN(C(=O)c1ccc(Cl)cc1Cl)N1C(=O)[C@@H]2[C@H]3CC[C@@H](C3)[C@H]2C1=O)c1ccc(F)cc1. The number of carbonyl (C=O) groups is 4. The molecule has 4 atom stereocenters. The molecule has 0 spiro atoms. The van der Waals surface area contributed by atoms with Crippen LogP contribution in [0.1, 0.15) is 40.0 Å². The van der Waals surface area contributed by atoms with Gasteiger partial charge in [0, 0.05) is 10.6 Å². The summed E-state index contributed by atoms with van der Waals surface area (Å²) in [6.45, 7) is -0.574. The summed E-state index contributed by atoms with van der Waals surface area (Å²) in [4.78, 5) is 53.2. The van der Waals surface area contributed by atoms with E-state index in [2.05, 4.69) is 0 Å². The molecule has 0 unspecified atom stereocenters. The van der Waals surface area contributed by atoms with Gasteiger partial charge in [0.15, 0.2) is 5.78 Å². The molecule has 5 rings (SSSR count). The van der Waals surface area contributed by atoms with Crippen LogP contribution in [0.15, 0.2) is 42.5 Å². The predicted octanol–water partition coefficient (Wildman–Crippen LogP) is 4.40. The molecule has 0 aromatic heterocycles. The van der Waals surface area contributed by atoms with Crippen molar-refractivity contribution in [1.82, 2.24) is 10.0 Å². The van der Waals surface area contributed by atoms with Gasteiger partial charge in [-0.2, -0.15) is 5.01 Å². The maximum absolute atomic E-state index is 13.5. The van der Waals surface area contributed by atoms with E-state index >= 15 is 0 Å². The number of imide groups is 1. The van der Waals surface area contributed by atoms with E-state index in [4.69, 9.17) is 23.2 Å². The summed E-state index contributed by atoms with van der Waals surface area (Å²) in [6.07, 6.45) is 2.60. The molecule has 3 amide bonds. The molecule has 170 valence electrons. The Morgan fingerprint density at radius 1 is 0.970 bits per heavy atom. The van der Waals surface area contributed by atoms with Crippen molar-refractivity contribution in [2.75, 3.05) is 6.54 Å². The summed E-state index contributed by atoms with van der Waals surface area (Å²) in [6, 6.07) is 9.06. The lowest BCUT2D eigenvalue weighted by Crippen LogP contribution is -2.52. The number of nitrogens with zero attached hydrogens (tertiary/aromatic N) is 2. The Kier molecular flexibility index (Phi) is 5.49. The van der Waals surface area contributed by atoms with Gasteiger partial charge < -0.3 is 0 Å². The molecule has 33 heavy (non-hydrogen) atoms. The molecule has 1 aliphatic heterocycles. The monoisotopic (exact) mass is 488 g/mol. The highest BCUT2D eigenvalue weighted by molar-refractivity contribution is 6.36. The van der Waals surface area contributed by atoms with Crippen LogP contribution >= 0.6 is 23.2 Å². The van der Waals surface area contributed by atoms with Crippen molar-refractivity contribution in [1.29, 1.82) is 0 Å². The first kappa shape index (κ1) is 22.0. The number of hydrogen-bond donors (Lipinski definition) is 0. The smallest absolute Gasteiger partial charge is 0.274 e. The normalized spacial score (nSPS) is 25.5. The van der Waals surface area contributed by atoms with Crippen LogP contribution in [0, 0.1) is 29.5 Å². The Balaban J connectivity index is 1.52. The number of benzene rings is 2. The average molecular weight is 489 g/mol. The largest absolute Gasteiger partial charge is 0.292 e. The van der Waals surface area contributed by atoms with Crippen molar-refractivity contribution in [3.63, 3.8) is 0 Å². The maximum atomic E-state index is 13.5. The highest BCUT2D eigenvalue weighted by Gasteiger charge is 2.62. The third-order valence-electron chi connectivity index (χ3n) is 7.00. The van der Waals surface area contributed by atoms with Gasteiger partial charge in [-0.1, -0.05) is 23.2 Å². The minimum atomic E-state index is -0.763. The number of ketones is 1. The molecule has 1 heterocycles. The molecule has 9 heteroatoms. The lowest BCUT2D eigenvalue weighted by molar-refractivity contribution is -0.154. The molecular weight excluding hydrogens is 470 g/mol. The number of rotatable bonds is 5. The van der Waals surface area contributed by atoms with Crippen molar-refractivity contribution in [3.8, 4) is 0 Å². The van der Waals surface area contributed by atoms with E-state index in [1.807, 2.05) is 0 Å². The van der Waals surface area contributed by atoms with Gasteiger partial charge in [0.1, 0.15) is 12.4 Å². The van der Waals surface area contributed by atoms with Crippen LogP contribution in [0.3, 0.4) is 0 Å². The standard InChI is InChI=1S/C24H19Cl2FN2O4/c25-15-5-8-17(18(26)10-15)22(31)28(11-19(30)12-3-6-16(27)7-4-12)29-23(32)20-13-1-2-14(9-13)21(20)24(29)33/h3-8,10,13-14,20-21H,1-2,9,11H2/t13-,14-,20+,21+/m0/s1. The summed E-state index contributed by atoms with van der Waals surface area (Å²) in [5, 5.41) is 2.06. The van der Waals surface area contributed by atoms with E-state index in [0.29, 0.717) is 5.02 Å². The van der Waals surface area contributed by atoms with Gasteiger partial charge in [-0.3, -0.25) is 19.2 Å². The molecule has 3 aliphatic rings. The zero-order chi connectivity index (χ0) is 23.4. The summed E-state index contributed by atoms with van der Waals surface area (Å²) in [5.74, 6) is -3.43. The molecule has 2 bridgehead atoms. The first-order chi connectivity index (χ1) is 15.8. The van der Waals surface area contributed by atoms with Gasteiger partial charge in [-0.15, -0.1) is 0 Å². The minimum Gasteiger partial charge on any atom is -0.292 e. The molecule has 0 N–H and O–H groups in total. The van der Waals surface area contributed by atoms with E-state index in [0.717, 1.165) is 41.4 Å². The lowest BCUT2D eigenvalue weighted by atomic mass is 9.81. The zero-order valence-electron chi connectivity index (χ0n) is 17.3. The molecule has 3 fully saturated rings. The highest BCUT2D eigenvalue weighted by atomic mass is 35.5. The summed E-state index contributed by atoms with van der Waals surface area (Å²) < 4.78 is 13.3. The highest BCUT2D eigenvalue weighted by Crippen LogP contribution is 2.56. The Morgan fingerprint density at radius 3 is 2.15 bits per heavy atom. The van der Waals surface area contributed by atoms with E-state index in [1.54, 1.807) is 0 Å². The quantitative estimate of drug-likeness (QED) is 0.461. The lowest BCUT2D eigenvalue weighted by Gasteiger charge is -2.31. The molecule has 0 radical (unpaired) electrons. The number of halogens is 3. The Hall–Kier alpha value is -2.77. The first-order valence-corrected chi connectivity index (χ1v) is 11.4. The fourth-order valence-corrected chi connectivity index (χ4v) is 6.02. The van der Waals surface area contributed by atoms with E-state index in [-0.39, 0.29) is 28.0 Å². The van der Waals surface area contributed by atoms with E-state index < -0.39 is 47.7 Å². The third-order valence-corrected chi connectivity index (χ3v) is 7.55. The van der Waals surface area contributed by atoms with Gasteiger partial charge in [0.25, 0.3) is 17.7 Å². The van der Waals surface area contributed by atoms with Crippen molar-refractivity contribution >= 4 is 46.7 Å². The zero-order valence-corrected chi connectivity index (χ0v) is 18.9. The van der Waals surface area contributed by atoms with Gasteiger partial charge in [0.05, 0.1) is 22.4 Å².